The topological polar surface area (TPSA) is 68.1 Å². The van der Waals surface area contributed by atoms with Gasteiger partial charge < -0.3 is 5.32 Å². The van der Waals surface area contributed by atoms with Gasteiger partial charge in [-0.3, -0.25) is 10.1 Å². The summed E-state index contributed by atoms with van der Waals surface area (Å²) in [7, 11) is 0. The number of non-ortho nitro benzene ring substituents is 1. The molecular formula is C11H8ClN3O2. The summed E-state index contributed by atoms with van der Waals surface area (Å²) in [6, 6.07) is 9.47. The van der Waals surface area contributed by atoms with Crippen LogP contribution >= 0.6 is 11.6 Å². The molecule has 0 aliphatic heterocycles. The van der Waals surface area contributed by atoms with Crippen LogP contribution in [0.1, 0.15) is 0 Å². The van der Waals surface area contributed by atoms with Gasteiger partial charge >= 0.3 is 0 Å². The Balaban J connectivity index is 2.24. The molecular weight excluding hydrogens is 242 g/mol. The lowest BCUT2D eigenvalue weighted by molar-refractivity contribution is -0.384. The number of hydrogen-bond donors (Lipinski definition) is 1. The van der Waals surface area contributed by atoms with Crippen molar-refractivity contribution >= 4 is 28.8 Å². The van der Waals surface area contributed by atoms with Gasteiger partial charge in [-0.25, -0.2) is 4.98 Å². The van der Waals surface area contributed by atoms with Gasteiger partial charge in [-0.05, 0) is 18.2 Å². The first-order valence-corrected chi connectivity index (χ1v) is 5.16. The fraction of sp³-hybridized carbons (Fsp3) is 0. The molecule has 0 bridgehead atoms. The average molecular weight is 250 g/mol. The summed E-state index contributed by atoms with van der Waals surface area (Å²) in [6.07, 6.45) is 1.56. The molecule has 5 nitrogen and oxygen atoms in total. The van der Waals surface area contributed by atoms with E-state index in [0.717, 1.165) is 0 Å². The molecule has 2 rings (SSSR count). The van der Waals surface area contributed by atoms with Crippen LogP contribution < -0.4 is 5.32 Å². The van der Waals surface area contributed by atoms with Crippen molar-refractivity contribution in [2.24, 2.45) is 0 Å². The summed E-state index contributed by atoms with van der Waals surface area (Å²) in [4.78, 5) is 14.2. The predicted octanol–water partition coefficient (Wildman–Crippen LogP) is 3.39. The van der Waals surface area contributed by atoms with Gasteiger partial charge in [0.15, 0.2) is 0 Å². The molecule has 17 heavy (non-hydrogen) atoms. The quantitative estimate of drug-likeness (QED) is 0.669. The summed E-state index contributed by atoms with van der Waals surface area (Å²) in [5, 5.41) is 14.1. The molecule has 0 fully saturated rings. The highest BCUT2D eigenvalue weighted by atomic mass is 35.5. The van der Waals surface area contributed by atoms with E-state index in [9.17, 15) is 10.1 Å². The number of nitro benzene ring substituents is 1. The number of anilines is 2. The van der Waals surface area contributed by atoms with Crippen LogP contribution in [0.3, 0.4) is 0 Å². The fourth-order valence-electron chi connectivity index (χ4n) is 1.32. The molecule has 0 unspecified atom stereocenters. The molecule has 1 aromatic carbocycles. The maximum atomic E-state index is 10.6. The third-order valence-corrected chi connectivity index (χ3v) is 2.29. The molecule has 86 valence electrons. The Hall–Kier alpha value is -2.14. The Labute approximate surface area is 102 Å². The van der Waals surface area contributed by atoms with Gasteiger partial charge in [-0.15, -0.1) is 0 Å². The van der Waals surface area contributed by atoms with Crippen molar-refractivity contribution in [2.45, 2.75) is 0 Å². The molecule has 1 heterocycles. The van der Waals surface area contributed by atoms with E-state index in [4.69, 9.17) is 11.6 Å². The van der Waals surface area contributed by atoms with E-state index in [-0.39, 0.29) is 5.69 Å². The molecule has 1 aromatic heterocycles. The second-order valence-corrected chi connectivity index (χ2v) is 3.73. The molecule has 0 spiro atoms. The summed E-state index contributed by atoms with van der Waals surface area (Å²) in [6.45, 7) is 0. The zero-order valence-electron chi connectivity index (χ0n) is 8.63. The van der Waals surface area contributed by atoms with Crippen molar-refractivity contribution in [2.75, 3.05) is 5.32 Å². The molecule has 2 aromatic rings. The van der Waals surface area contributed by atoms with E-state index in [1.807, 2.05) is 0 Å². The molecule has 0 radical (unpaired) electrons. The number of halogens is 1. The van der Waals surface area contributed by atoms with Gasteiger partial charge in [0.25, 0.3) is 5.69 Å². The van der Waals surface area contributed by atoms with E-state index in [2.05, 4.69) is 10.3 Å². The molecule has 0 amide bonds. The second kappa shape index (κ2) is 4.80. The molecule has 0 saturated carbocycles. The summed E-state index contributed by atoms with van der Waals surface area (Å²) < 4.78 is 0. The molecule has 0 saturated heterocycles. The zero-order valence-corrected chi connectivity index (χ0v) is 9.39. The monoisotopic (exact) mass is 249 g/mol. The van der Waals surface area contributed by atoms with Crippen molar-refractivity contribution in [1.82, 2.24) is 4.98 Å². The SMILES string of the molecule is O=[N+]([O-])c1cccc(Nc2cc(Cl)ccn2)c1. The highest BCUT2D eigenvalue weighted by Crippen LogP contribution is 2.21. The third-order valence-electron chi connectivity index (χ3n) is 2.05. The van der Waals surface area contributed by atoms with E-state index >= 15 is 0 Å². The van der Waals surface area contributed by atoms with Gasteiger partial charge in [0, 0.05) is 29.0 Å². The first-order chi connectivity index (χ1) is 8.15. The van der Waals surface area contributed by atoms with E-state index in [1.165, 1.54) is 12.1 Å². The van der Waals surface area contributed by atoms with Crippen LogP contribution in [0.4, 0.5) is 17.2 Å². The van der Waals surface area contributed by atoms with Gasteiger partial charge in [0.2, 0.25) is 0 Å². The smallest absolute Gasteiger partial charge is 0.271 e. The van der Waals surface area contributed by atoms with Crippen LogP contribution in [0.15, 0.2) is 42.6 Å². The van der Waals surface area contributed by atoms with Crippen molar-refractivity contribution in [1.29, 1.82) is 0 Å². The molecule has 1 N–H and O–H groups in total. The maximum Gasteiger partial charge on any atom is 0.271 e. The van der Waals surface area contributed by atoms with Crippen molar-refractivity contribution in [3.8, 4) is 0 Å². The Morgan fingerprint density at radius 2 is 2.12 bits per heavy atom. The molecule has 0 atom stereocenters. The Morgan fingerprint density at radius 3 is 2.82 bits per heavy atom. The highest BCUT2D eigenvalue weighted by molar-refractivity contribution is 6.30. The second-order valence-electron chi connectivity index (χ2n) is 3.29. The van der Waals surface area contributed by atoms with Crippen LogP contribution in [0.2, 0.25) is 5.02 Å². The normalized spacial score (nSPS) is 9.94. The van der Waals surface area contributed by atoms with Crippen molar-refractivity contribution in [3.05, 3.63) is 57.7 Å². The first kappa shape index (κ1) is 11.3. The van der Waals surface area contributed by atoms with Crippen LogP contribution in [0, 0.1) is 10.1 Å². The highest BCUT2D eigenvalue weighted by Gasteiger charge is 2.05. The lowest BCUT2D eigenvalue weighted by Crippen LogP contribution is -1.94. The maximum absolute atomic E-state index is 10.6. The van der Waals surface area contributed by atoms with Crippen molar-refractivity contribution < 1.29 is 4.92 Å². The number of nitrogens with one attached hydrogen (secondary N) is 1. The third kappa shape index (κ3) is 2.92. The minimum Gasteiger partial charge on any atom is -0.340 e. The van der Waals surface area contributed by atoms with Crippen LogP contribution in [0.25, 0.3) is 0 Å². The van der Waals surface area contributed by atoms with E-state index in [0.29, 0.717) is 16.5 Å². The fourth-order valence-corrected chi connectivity index (χ4v) is 1.48. The number of hydrogen-bond acceptors (Lipinski definition) is 4. The number of pyridine rings is 1. The Bertz CT molecular complexity index is 560. The number of nitro groups is 1. The van der Waals surface area contributed by atoms with Crippen molar-refractivity contribution in [3.63, 3.8) is 0 Å². The lowest BCUT2D eigenvalue weighted by Gasteiger charge is -2.05. The minimum absolute atomic E-state index is 0.0250. The van der Waals surface area contributed by atoms with Crippen LogP contribution in [-0.2, 0) is 0 Å². The van der Waals surface area contributed by atoms with Crippen LogP contribution in [-0.4, -0.2) is 9.91 Å². The van der Waals surface area contributed by atoms with E-state index in [1.54, 1.807) is 30.5 Å². The lowest BCUT2D eigenvalue weighted by atomic mass is 10.3. The molecule has 0 aliphatic carbocycles. The minimum atomic E-state index is -0.448. The number of benzene rings is 1. The standard InChI is InChI=1S/C11H8ClN3O2/c12-8-4-5-13-11(6-8)14-9-2-1-3-10(7-9)15(16)17/h1-7H,(H,13,14). The summed E-state index contributed by atoms with van der Waals surface area (Å²) >= 11 is 5.80. The molecule has 0 aliphatic rings. The Morgan fingerprint density at radius 1 is 1.29 bits per heavy atom. The predicted molar refractivity (Wildman–Crippen MR) is 65.6 cm³/mol. The van der Waals surface area contributed by atoms with Crippen LogP contribution in [0.5, 0.6) is 0 Å². The number of nitrogens with zero attached hydrogens (tertiary/aromatic N) is 2. The summed E-state index contributed by atoms with van der Waals surface area (Å²) in [5.74, 6) is 0.540. The largest absolute Gasteiger partial charge is 0.340 e. The average Bonchev–Trinajstić information content (AvgIpc) is 2.29. The summed E-state index contributed by atoms with van der Waals surface area (Å²) in [5.41, 5.74) is 0.617. The Kier molecular flexibility index (Phi) is 3.20. The molecule has 6 heteroatoms. The number of rotatable bonds is 3. The number of aromatic nitrogens is 1. The van der Waals surface area contributed by atoms with E-state index < -0.39 is 4.92 Å². The van der Waals surface area contributed by atoms with Gasteiger partial charge in [0.1, 0.15) is 5.82 Å². The van der Waals surface area contributed by atoms with Gasteiger partial charge in [0.05, 0.1) is 4.92 Å². The zero-order chi connectivity index (χ0) is 12.3. The van der Waals surface area contributed by atoms with Gasteiger partial charge in [-0.2, -0.15) is 0 Å². The van der Waals surface area contributed by atoms with Gasteiger partial charge in [-0.1, -0.05) is 17.7 Å². The first-order valence-electron chi connectivity index (χ1n) is 4.78.